The van der Waals surface area contributed by atoms with Gasteiger partial charge >= 0.3 is 0 Å². The molecule has 1 unspecified atom stereocenters. The topological polar surface area (TPSA) is 9.23 Å². The summed E-state index contributed by atoms with van der Waals surface area (Å²) in [6.45, 7) is 13.4. The SMILES string of the molecule is CCCc1cc(C(Br)O[Si](C)C)ccc1C(C)(C)C. The first-order valence-electron chi connectivity index (χ1n) is 7.00. The molecule has 0 aromatic heterocycles. The van der Waals surface area contributed by atoms with Gasteiger partial charge in [0.05, 0.1) is 0 Å². The lowest BCUT2D eigenvalue weighted by Gasteiger charge is -2.25. The molecule has 0 saturated carbocycles. The molecule has 107 valence electrons. The summed E-state index contributed by atoms with van der Waals surface area (Å²) in [5.74, 6) is 0. The highest BCUT2D eigenvalue weighted by atomic mass is 79.9. The predicted octanol–water partition coefficient (Wildman–Crippen LogP) is 5.60. The second kappa shape index (κ2) is 7.05. The van der Waals surface area contributed by atoms with Crippen molar-refractivity contribution in [3.05, 3.63) is 34.9 Å². The fourth-order valence-electron chi connectivity index (χ4n) is 2.24. The minimum absolute atomic E-state index is 0.0287. The van der Waals surface area contributed by atoms with Crippen molar-refractivity contribution in [2.75, 3.05) is 0 Å². The fraction of sp³-hybridized carbons (Fsp3) is 0.625. The van der Waals surface area contributed by atoms with Gasteiger partial charge in [-0.15, -0.1) is 0 Å². The molecule has 0 heterocycles. The van der Waals surface area contributed by atoms with E-state index in [4.69, 9.17) is 4.43 Å². The maximum absolute atomic E-state index is 5.91. The van der Waals surface area contributed by atoms with Gasteiger partial charge in [-0.2, -0.15) is 0 Å². The third-order valence-corrected chi connectivity index (χ3v) is 4.83. The van der Waals surface area contributed by atoms with E-state index in [1.807, 2.05) is 0 Å². The van der Waals surface area contributed by atoms with Crippen LogP contribution in [0.3, 0.4) is 0 Å². The molecule has 0 spiro atoms. The third-order valence-electron chi connectivity index (χ3n) is 3.06. The van der Waals surface area contributed by atoms with Crippen LogP contribution in [0.4, 0.5) is 0 Å². The molecule has 0 N–H and O–H groups in total. The van der Waals surface area contributed by atoms with Crippen LogP contribution in [0.1, 0.15) is 55.8 Å². The summed E-state index contributed by atoms with van der Waals surface area (Å²) in [5.41, 5.74) is 4.36. The third kappa shape index (κ3) is 5.05. The highest BCUT2D eigenvalue weighted by molar-refractivity contribution is 9.09. The minimum atomic E-state index is -0.690. The van der Waals surface area contributed by atoms with Crippen LogP contribution in [0.25, 0.3) is 0 Å². The smallest absolute Gasteiger partial charge is 0.207 e. The van der Waals surface area contributed by atoms with Gasteiger partial charge in [-0.1, -0.05) is 68.2 Å². The van der Waals surface area contributed by atoms with Gasteiger partial charge in [-0.05, 0) is 41.6 Å². The number of benzene rings is 1. The second-order valence-electron chi connectivity index (χ2n) is 6.26. The molecule has 0 aliphatic heterocycles. The summed E-state index contributed by atoms with van der Waals surface area (Å²) >= 11 is 3.65. The number of aryl methyl sites for hydroxylation is 1. The van der Waals surface area contributed by atoms with Crippen LogP contribution in [0.2, 0.25) is 13.1 Å². The van der Waals surface area contributed by atoms with Crippen LogP contribution in [0, 0.1) is 0 Å². The second-order valence-corrected chi connectivity index (χ2v) is 9.14. The Morgan fingerprint density at radius 1 is 1.26 bits per heavy atom. The monoisotopic (exact) mass is 341 g/mol. The lowest BCUT2D eigenvalue weighted by atomic mass is 9.82. The Morgan fingerprint density at radius 3 is 2.37 bits per heavy atom. The molecule has 0 bridgehead atoms. The summed E-state index contributed by atoms with van der Waals surface area (Å²) in [6, 6.07) is 6.79. The molecule has 0 amide bonds. The molecule has 1 aromatic rings. The van der Waals surface area contributed by atoms with E-state index in [1.54, 1.807) is 0 Å². The van der Waals surface area contributed by atoms with Gasteiger partial charge in [0.1, 0.15) is 5.01 Å². The van der Waals surface area contributed by atoms with E-state index in [-0.39, 0.29) is 10.4 Å². The van der Waals surface area contributed by atoms with Crippen LogP contribution >= 0.6 is 15.9 Å². The molecule has 0 aliphatic rings. The average molecular weight is 342 g/mol. The van der Waals surface area contributed by atoms with Gasteiger partial charge in [0.25, 0.3) is 0 Å². The van der Waals surface area contributed by atoms with E-state index >= 15 is 0 Å². The number of hydrogen-bond donors (Lipinski definition) is 0. The van der Waals surface area contributed by atoms with Crippen LogP contribution in [0.15, 0.2) is 18.2 Å². The molecule has 0 fully saturated rings. The van der Waals surface area contributed by atoms with Crippen LogP contribution in [0.5, 0.6) is 0 Å². The van der Waals surface area contributed by atoms with Gasteiger partial charge < -0.3 is 4.43 Å². The minimum Gasteiger partial charge on any atom is -0.401 e. The maximum atomic E-state index is 5.91. The molecule has 1 rings (SSSR count). The van der Waals surface area contributed by atoms with E-state index in [9.17, 15) is 0 Å². The van der Waals surface area contributed by atoms with Crippen LogP contribution < -0.4 is 0 Å². The van der Waals surface area contributed by atoms with Crippen molar-refractivity contribution < 1.29 is 4.43 Å². The molecule has 1 nitrogen and oxygen atoms in total. The van der Waals surface area contributed by atoms with Crippen molar-refractivity contribution >= 4 is 25.0 Å². The van der Waals surface area contributed by atoms with E-state index in [2.05, 4.69) is 74.9 Å². The molecule has 1 atom stereocenters. The Kier molecular flexibility index (Phi) is 6.28. The van der Waals surface area contributed by atoms with Crippen molar-refractivity contribution in [3.63, 3.8) is 0 Å². The Morgan fingerprint density at radius 2 is 1.89 bits per heavy atom. The zero-order chi connectivity index (χ0) is 14.6. The van der Waals surface area contributed by atoms with Gasteiger partial charge in [0.2, 0.25) is 9.04 Å². The number of alkyl halides is 1. The standard InChI is InChI=1S/C16H26BrOSi/c1-7-8-12-11-13(15(17)18-19(5)6)9-10-14(12)16(2,3)4/h9-11,15H,7-8H2,1-6H3. The van der Waals surface area contributed by atoms with Crippen molar-refractivity contribution in [3.8, 4) is 0 Å². The van der Waals surface area contributed by atoms with Crippen LogP contribution in [-0.4, -0.2) is 9.04 Å². The molecule has 0 saturated heterocycles. The van der Waals surface area contributed by atoms with Gasteiger partial charge in [-0.25, -0.2) is 0 Å². The molecule has 3 heteroatoms. The van der Waals surface area contributed by atoms with Gasteiger partial charge in [0, 0.05) is 0 Å². The lowest BCUT2D eigenvalue weighted by Crippen LogP contribution is -2.15. The van der Waals surface area contributed by atoms with Gasteiger partial charge in [0.15, 0.2) is 0 Å². The summed E-state index contributed by atoms with van der Waals surface area (Å²) in [7, 11) is -0.690. The Balaban J connectivity index is 3.08. The molecule has 0 aliphatic carbocycles. The molecular weight excluding hydrogens is 316 g/mol. The van der Waals surface area contributed by atoms with Crippen molar-refractivity contribution in [2.24, 2.45) is 0 Å². The van der Waals surface area contributed by atoms with E-state index in [1.165, 1.54) is 23.1 Å². The predicted molar refractivity (Wildman–Crippen MR) is 89.4 cm³/mol. The lowest BCUT2D eigenvalue weighted by molar-refractivity contribution is 0.309. The molecule has 19 heavy (non-hydrogen) atoms. The average Bonchev–Trinajstić information content (AvgIpc) is 2.27. The zero-order valence-corrected chi connectivity index (χ0v) is 15.6. The highest BCUT2D eigenvalue weighted by Crippen LogP contribution is 2.32. The molecular formula is C16H26BrOSi. The van der Waals surface area contributed by atoms with Crippen molar-refractivity contribution in [2.45, 2.75) is 64.1 Å². The van der Waals surface area contributed by atoms with E-state index in [0.29, 0.717) is 0 Å². The van der Waals surface area contributed by atoms with E-state index in [0.717, 1.165) is 6.42 Å². The van der Waals surface area contributed by atoms with Gasteiger partial charge in [-0.3, -0.25) is 0 Å². The maximum Gasteiger partial charge on any atom is 0.207 e. The number of hydrogen-bond acceptors (Lipinski definition) is 1. The summed E-state index contributed by atoms with van der Waals surface area (Å²) < 4.78 is 5.91. The number of halogens is 1. The Bertz CT molecular complexity index is 410. The molecule has 1 radical (unpaired) electrons. The Hall–Kier alpha value is -0.123. The van der Waals surface area contributed by atoms with Crippen molar-refractivity contribution in [1.29, 1.82) is 0 Å². The quantitative estimate of drug-likeness (QED) is 0.500. The summed E-state index contributed by atoms with van der Waals surface area (Å²) in [6.07, 6.45) is 2.31. The number of rotatable bonds is 5. The highest BCUT2D eigenvalue weighted by Gasteiger charge is 2.19. The van der Waals surface area contributed by atoms with Crippen LogP contribution in [-0.2, 0) is 16.3 Å². The summed E-state index contributed by atoms with van der Waals surface area (Å²) in [4.78, 5) is 0. The first-order valence-corrected chi connectivity index (χ1v) is 10.3. The van der Waals surface area contributed by atoms with Crippen molar-refractivity contribution in [1.82, 2.24) is 0 Å². The zero-order valence-electron chi connectivity index (χ0n) is 13.0. The first-order chi connectivity index (χ1) is 8.75. The van der Waals surface area contributed by atoms with E-state index < -0.39 is 9.04 Å². The first kappa shape index (κ1) is 16.9. The normalized spacial score (nSPS) is 13.9. The largest absolute Gasteiger partial charge is 0.401 e. The molecule has 1 aromatic carbocycles. The summed E-state index contributed by atoms with van der Waals surface area (Å²) in [5, 5.41) is 0.0287. The fourth-order valence-corrected chi connectivity index (χ4v) is 4.19. The Labute approximate surface area is 128 Å².